The fourth-order valence-corrected chi connectivity index (χ4v) is 2.24. The highest BCUT2D eigenvalue weighted by atomic mass is 16.5. The first kappa shape index (κ1) is 19.4. The van der Waals surface area contributed by atoms with Gasteiger partial charge in [0.05, 0.1) is 18.2 Å². The van der Waals surface area contributed by atoms with E-state index >= 15 is 0 Å². The average Bonchev–Trinajstić information content (AvgIpc) is 2.62. The van der Waals surface area contributed by atoms with E-state index in [4.69, 9.17) is 9.47 Å². The largest absolute Gasteiger partial charge is 0.477 e. The number of aromatic nitrogens is 1. The first-order valence-corrected chi connectivity index (χ1v) is 8.67. The van der Waals surface area contributed by atoms with Crippen molar-refractivity contribution in [3.63, 3.8) is 0 Å². The molecule has 0 aliphatic carbocycles. The summed E-state index contributed by atoms with van der Waals surface area (Å²) in [6.07, 6.45) is 3.63. The van der Waals surface area contributed by atoms with Gasteiger partial charge in [-0.15, -0.1) is 0 Å². The van der Waals surface area contributed by atoms with Crippen molar-refractivity contribution < 1.29 is 19.1 Å². The molecule has 0 atom stereocenters. The van der Waals surface area contributed by atoms with Crippen molar-refractivity contribution in [1.82, 2.24) is 10.3 Å². The third-order valence-corrected chi connectivity index (χ3v) is 3.35. The molecular weight excluding hydrogens is 332 g/mol. The highest BCUT2D eigenvalue weighted by Gasteiger charge is 2.08. The number of amides is 1. The van der Waals surface area contributed by atoms with E-state index in [-0.39, 0.29) is 18.6 Å². The number of fused-ring (bicyclic) bond motifs is 1. The number of carbonyl (C=O) groups is 2. The zero-order valence-corrected chi connectivity index (χ0v) is 15.3. The molecule has 1 aromatic carbocycles. The number of benzene rings is 1. The van der Waals surface area contributed by atoms with E-state index in [2.05, 4.69) is 10.3 Å². The Labute approximate surface area is 153 Å². The van der Waals surface area contributed by atoms with Crippen molar-refractivity contribution in [1.29, 1.82) is 0 Å². The van der Waals surface area contributed by atoms with Gasteiger partial charge in [0.2, 0.25) is 11.8 Å². The summed E-state index contributed by atoms with van der Waals surface area (Å²) < 4.78 is 10.7. The van der Waals surface area contributed by atoms with Crippen molar-refractivity contribution in [2.24, 2.45) is 0 Å². The van der Waals surface area contributed by atoms with Crippen molar-refractivity contribution in [3.8, 4) is 5.88 Å². The van der Waals surface area contributed by atoms with Gasteiger partial charge in [-0.25, -0.2) is 4.98 Å². The minimum absolute atomic E-state index is 0.170. The normalized spacial score (nSPS) is 11.1. The number of pyridine rings is 1. The Morgan fingerprint density at radius 2 is 2.04 bits per heavy atom. The van der Waals surface area contributed by atoms with E-state index in [0.717, 1.165) is 17.3 Å². The summed E-state index contributed by atoms with van der Waals surface area (Å²) in [7, 11) is 0. The van der Waals surface area contributed by atoms with Gasteiger partial charge in [0, 0.05) is 17.0 Å². The lowest BCUT2D eigenvalue weighted by Gasteiger charge is -2.09. The highest BCUT2D eigenvalue weighted by molar-refractivity contribution is 5.94. The van der Waals surface area contributed by atoms with Crippen LogP contribution in [0.25, 0.3) is 17.0 Å². The molecular formula is C20H24N2O4. The molecule has 1 heterocycles. The molecule has 0 aliphatic heterocycles. The van der Waals surface area contributed by atoms with Crippen LogP contribution in [0, 0.1) is 0 Å². The molecule has 0 saturated heterocycles. The number of para-hydroxylation sites is 1. The molecule has 2 rings (SSSR count). The SMILES string of the molecule is CCCOc1nc2ccccc2cc1/C=C/C(=O)NCC(=O)OC(C)C. The molecule has 0 spiro atoms. The summed E-state index contributed by atoms with van der Waals surface area (Å²) in [6.45, 7) is 5.89. The lowest BCUT2D eigenvalue weighted by atomic mass is 10.1. The zero-order valence-electron chi connectivity index (χ0n) is 15.3. The number of ether oxygens (including phenoxy) is 2. The van der Waals surface area contributed by atoms with Crippen LogP contribution in [0.5, 0.6) is 5.88 Å². The molecule has 0 fully saturated rings. The van der Waals surface area contributed by atoms with Gasteiger partial charge in [-0.05, 0) is 38.5 Å². The Morgan fingerprint density at radius 1 is 1.27 bits per heavy atom. The number of esters is 1. The maximum absolute atomic E-state index is 11.9. The van der Waals surface area contributed by atoms with Crippen LogP contribution in [0.1, 0.15) is 32.8 Å². The second kappa shape index (κ2) is 9.56. The number of hydrogen-bond donors (Lipinski definition) is 1. The van der Waals surface area contributed by atoms with Gasteiger partial charge in [0.25, 0.3) is 0 Å². The van der Waals surface area contributed by atoms with Gasteiger partial charge in [0.15, 0.2) is 0 Å². The summed E-state index contributed by atoms with van der Waals surface area (Å²) >= 11 is 0. The lowest BCUT2D eigenvalue weighted by Crippen LogP contribution is -2.30. The average molecular weight is 356 g/mol. The predicted octanol–water partition coefficient (Wildman–Crippen LogP) is 3.10. The van der Waals surface area contributed by atoms with Crippen LogP contribution in [0.3, 0.4) is 0 Å². The minimum Gasteiger partial charge on any atom is -0.477 e. The number of nitrogens with zero attached hydrogens (tertiary/aromatic N) is 1. The standard InChI is InChI=1S/C20H24N2O4/c1-4-11-25-20-16(12-15-7-5-6-8-17(15)22-20)9-10-18(23)21-13-19(24)26-14(2)3/h5-10,12,14H,4,11,13H2,1-3H3,(H,21,23)/b10-9+. The number of carbonyl (C=O) groups excluding carboxylic acids is 2. The summed E-state index contributed by atoms with van der Waals surface area (Å²) in [5.41, 5.74) is 1.54. The number of rotatable bonds is 8. The molecule has 26 heavy (non-hydrogen) atoms. The molecule has 0 aliphatic rings. The lowest BCUT2D eigenvalue weighted by molar-refractivity contribution is -0.147. The molecule has 1 amide bonds. The Morgan fingerprint density at radius 3 is 2.77 bits per heavy atom. The molecule has 0 saturated carbocycles. The Balaban J connectivity index is 2.10. The van der Waals surface area contributed by atoms with Crippen molar-refractivity contribution in [2.45, 2.75) is 33.3 Å². The van der Waals surface area contributed by atoms with E-state index in [9.17, 15) is 9.59 Å². The molecule has 6 heteroatoms. The Kier molecular flexibility index (Phi) is 7.14. The van der Waals surface area contributed by atoms with Gasteiger partial charge >= 0.3 is 5.97 Å². The summed E-state index contributed by atoms with van der Waals surface area (Å²) in [5.74, 6) is -0.379. The molecule has 0 radical (unpaired) electrons. The maximum atomic E-state index is 11.9. The molecule has 0 unspecified atom stereocenters. The van der Waals surface area contributed by atoms with E-state index < -0.39 is 5.97 Å². The second-order valence-corrected chi connectivity index (χ2v) is 6.01. The Bertz CT molecular complexity index is 799. The molecule has 6 nitrogen and oxygen atoms in total. The van der Waals surface area contributed by atoms with Crippen molar-refractivity contribution >= 4 is 28.9 Å². The molecule has 1 aromatic heterocycles. The summed E-state index contributed by atoms with van der Waals surface area (Å²) in [6, 6.07) is 9.62. The van der Waals surface area contributed by atoms with Crippen LogP contribution in [0.2, 0.25) is 0 Å². The van der Waals surface area contributed by atoms with Crippen LogP contribution in [-0.2, 0) is 14.3 Å². The summed E-state index contributed by atoms with van der Waals surface area (Å²) in [5, 5.41) is 3.45. The van der Waals surface area contributed by atoms with E-state index in [1.54, 1.807) is 19.9 Å². The van der Waals surface area contributed by atoms with Crippen molar-refractivity contribution in [2.75, 3.05) is 13.2 Å². The Hall–Kier alpha value is -2.89. The zero-order chi connectivity index (χ0) is 18.9. The summed E-state index contributed by atoms with van der Waals surface area (Å²) in [4.78, 5) is 27.9. The maximum Gasteiger partial charge on any atom is 0.325 e. The van der Waals surface area contributed by atoms with E-state index in [1.807, 2.05) is 37.3 Å². The third kappa shape index (κ3) is 5.88. The monoisotopic (exact) mass is 356 g/mol. The van der Waals surface area contributed by atoms with Crippen molar-refractivity contribution in [3.05, 3.63) is 42.0 Å². The quantitative estimate of drug-likeness (QED) is 0.581. The molecule has 2 aromatic rings. The van der Waals surface area contributed by atoms with Gasteiger partial charge in [-0.2, -0.15) is 0 Å². The molecule has 138 valence electrons. The third-order valence-electron chi connectivity index (χ3n) is 3.35. The van der Waals surface area contributed by atoms with Gasteiger partial charge < -0.3 is 14.8 Å². The van der Waals surface area contributed by atoms with Crippen LogP contribution in [0.15, 0.2) is 36.4 Å². The number of hydrogen-bond acceptors (Lipinski definition) is 5. The second-order valence-electron chi connectivity index (χ2n) is 6.01. The fourth-order valence-electron chi connectivity index (χ4n) is 2.24. The minimum atomic E-state index is -0.471. The van der Waals surface area contributed by atoms with Gasteiger partial charge in [0.1, 0.15) is 6.54 Å². The first-order valence-electron chi connectivity index (χ1n) is 8.67. The number of nitrogens with one attached hydrogen (secondary N) is 1. The topological polar surface area (TPSA) is 77.5 Å². The smallest absolute Gasteiger partial charge is 0.325 e. The van der Waals surface area contributed by atoms with Crippen LogP contribution in [0.4, 0.5) is 0 Å². The van der Waals surface area contributed by atoms with Crippen LogP contribution in [-0.4, -0.2) is 36.1 Å². The van der Waals surface area contributed by atoms with E-state index in [0.29, 0.717) is 18.1 Å². The van der Waals surface area contributed by atoms with Crippen LogP contribution < -0.4 is 10.1 Å². The van der Waals surface area contributed by atoms with E-state index in [1.165, 1.54) is 6.08 Å². The molecule has 0 bridgehead atoms. The molecule has 1 N–H and O–H groups in total. The van der Waals surface area contributed by atoms with Crippen LogP contribution >= 0.6 is 0 Å². The van der Waals surface area contributed by atoms with Gasteiger partial charge in [-0.1, -0.05) is 25.1 Å². The van der Waals surface area contributed by atoms with Gasteiger partial charge in [-0.3, -0.25) is 9.59 Å². The fraction of sp³-hybridized carbons (Fsp3) is 0.350. The predicted molar refractivity (Wildman–Crippen MR) is 101 cm³/mol. The highest BCUT2D eigenvalue weighted by Crippen LogP contribution is 2.23. The first-order chi connectivity index (χ1) is 12.5.